The molecule has 0 aliphatic carbocycles. The van der Waals surface area contributed by atoms with E-state index in [1.165, 1.54) is 89.9 Å². The summed E-state index contributed by atoms with van der Waals surface area (Å²) in [7, 11) is 8.02. The lowest BCUT2D eigenvalue weighted by Gasteiger charge is -2.23. The van der Waals surface area contributed by atoms with E-state index in [4.69, 9.17) is 0 Å². The molecule has 0 rings (SSSR count). The van der Waals surface area contributed by atoms with E-state index in [1.807, 2.05) is 28.2 Å². The Morgan fingerprint density at radius 2 is 0.829 bits per heavy atom. The van der Waals surface area contributed by atoms with E-state index in [0.29, 0.717) is 6.54 Å². The van der Waals surface area contributed by atoms with E-state index in [9.17, 15) is 9.59 Å². The summed E-state index contributed by atoms with van der Waals surface area (Å²) >= 11 is 0. The predicted octanol–water partition coefficient (Wildman–Crippen LogP) is 6.51. The van der Waals surface area contributed by atoms with Crippen molar-refractivity contribution in [1.82, 2.24) is 25.8 Å². The molecule has 244 valence electrons. The fourth-order valence-corrected chi connectivity index (χ4v) is 5.41. The Morgan fingerprint density at radius 3 is 1.24 bits per heavy atom. The van der Waals surface area contributed by atoms with Gasteiger partial charge in [-0.05, 0) is 60.4 Å². The fraction of sp³-hybridized carbons (Fsp3) is 0.941. The van der Waals surface area contributed by atoms with Gasteiger partial charge in [0.15, 0.2) is 0 Å². The van der Waals surface area contributed by atoms with Crippen LogP contribution in [0.2, 0.25) is 0 Å². The zero-order chi connectivity index (χ0) is 30.6. The van der Waals surface area contributed by atoms with Gasteiger partial charge in [0.2, 0.25) is 11.8 Å². The summed E-state index contributed by atoms with van der Waals surface area (Å²) < 4.78 is 0. The first-order valence-corrected chi connectivity index (χ1v) is 17.4. The molecule has 0 saturated carbocycles. The molecule has 0 bridgehead atoms. The summed E-state index contributed by atoms with van der Waals surface area (Å²) in [6.07, 6.45) is 24.5. The van der Waals surface area contributed by atoms with E-state index in [1.54, 1.807) is 0 Å². The normalized spacial score (nSPS) is 13.1. The molecule has 0 saturated heterocycles. The number of amides is 2. The molecule has 0 heterocycles. The number of likely N-dealkylation sites (N-methyl/N-ethyl adjacent to an activating group) is 2. The zero-order valence-corrected chi connectivity index (χ0v) is 28.3. The van der Waals surface area contributed by atoms with Crippen molar-refractivity contribution < 1.29 is 9.59 Å². The average Bonchev–Trinajstić information content (AvgIpc) is 2.94. The molecule has 0 aliphatic heterocycles. The summed E-state index contributed by atoms with van der Waals surface area (Å²) in [5.74, 6) is 0.306. The van der Waals surface area contributed by atoms with Gasteiger partial charge >= 0.3 is 0 Å². The molecule has 3 N–H and O–H groups in total. The van der Waals surface area contributed by atoms with Crippen molar-refractivity contribution >= 4 is 11.8 Å². The molecule has 0 fully saturated rings. The smallest absolute Gasteiger partial charge is 0.237 e. The molecular formula is C34H71N5O2. The third-order valence-corrected chi connectivity index (χ3v) is 8.19. The topological polar surface area (TPSA) is 76.7 Å². The number of nitrogens with zero attached hydrogens (tertiary/aromatic N) is 2. The average molecular weight is 582 g/mol. The molecular weight excluding hydrogens is 510 g/mol. The van der Waals surface area contributed by atoms with Gasteiger partial charge in [-0.1, -0.05) is 117 Å². The van der Waals surface area contributed by atoms with Crippen LogP contribution in [0.25, 0.3) is 0 Å². The Hall–Kier alpha value is -1.18. The number of unbranched alkanes of at least 4 members (excludes halogenated alkanes) is 15. The van der Waals surface area contributed by atoms with Gasteiger partial charge in [-0.3, -0.25) is 19.4 Å². The Balaban J connectivity index is 3.86. The lowest BCUT2D eigenvalue weighted by Crippen LogP contribution is -2.45. The monoisotopic (exact) mass is 582 g/mol. The van der Waals surface area contributed by atoms with Crippen LogP contribution in [0.1, 0.15) is 142 Å². The molecule has 2 amide bonds. The van der Waals surface area contributed by atoms with E-state index in [0.717, 1.165) is 58.2 Å². The van der Waals surface area contributed by atoms with Crippen LogP contribution < -0.4 is 16.0 Å². The lowest BCUT2D eigenvalue weighted by molar-refractivity contribution is -0.126. The second kappa shape index (κ2) is 28.9. The highest BCUT2D eigenvalue weighted by Crippen LogP contribution is 2.13. The molecule has 0 radical (unpaired) electrons. The summed E-state index contributed by atoms with van der Waals surface area (Å²) in [6, 6.07) is -0.0707. The summed E-state index contributed by atoms with van der Waals surface area (Å²) in [4.78, 5) is 29.5. The van der Waals surface area contributed by atoms with Crippen LogP contribution in [0.15, 0.2) is 0 Å². The summed E-state index contributed by atoms with van der Waals surface area (Å²) in [5.41, 5.74) is 0. The highest BCUT2D eigenvalue weighted by Gasteiger charge is 2.20. The van der Waals surface area contributed by atoms with Gasteiger partial charge in [0.05, 0.1) is 12.1 Å². The molecule has 0 spiro atoms. The van der Waals surface area contributed by atoms with Crippen LogP contribution >= 0.6 is 0 Å². The quantitative estimate of drug-likeness (QED) is 0.0843. The Kier molecular flexibility index (Phi) is 28.1. The van der Waals surface area contributed by atoms with Crippen LogP contribution in [-0.4, -0.2) is 88.1 Å². The van der Waals surface area contributed by atoms with Crippen molar-refractivity contribution in [2.45, 2.75) is 154 Å². The Morgan fingerprint density at radius 1 is 0.463 bits per heavy atom. The van der Waals surface area contributed by atoms with Crippen molar-refractivity contribution in [2.75, 3.05) is 54.4 Å². The van der Waals surface area contributed by atoms with E-state index >= 15 is 0 Å². The molecule has 0 aromatic carbocycles. The molecule has 7 heteroatoms. The van der Waals surface area contributed by atoms with Crippen LogP contribution in [0, 0.1) is 0 Å². The van der Waals surface area contributed by atoms with E-state index in [-0.39, 0.29) is 23.9 Å². The highest BCUT2D eigenvalue weighted by molar-refractivity contribution is 5.82. The third kappa shape index (κ3) is 24.0. The van der Waals surface area contributed by atoms with Gasteiger partial charge < -0.3 is 16.0 Å². The molecule has 0 aromatic heterocycles. The number of rotatable bonds is 30. The minimum atomic E-state index is -0.0414. The van der Waals surface area contributed by atoms with Crippen molar-refractivity contribution in [3.63, 3.8) is 0 Å². The molecule has 0 aromatic rings. The van der Waals surface area contributed by atoms with Gasteiger partial charge in [-0.15, -0.1) is 0 Å². The zero-order valence-electron chi connectivity index (χ0n) is 28.3. The predicted molar refractivity (Wildman–Crippen MR) is 178 cm³/mol. The third-order valence-electron chi connectivity index (χ3n) is 8.19. The molecule has 2 atom stereocenters. The van der Waals surface area contributed by atoms with Crippen LogP contribution in [-0.2, 0) is 9.59 Å². The molecule has 2 unspecified atom stereocenters. The first-order valence-electron chi connectivity index (χ1n) is 17.4. The maximum atomic E-state index is 12.7. The van der Waals surface area contributed by atoms with Gasteiger partial charge in [-0.25, -0.2) is 0 Å². The second-order valence-corrected chi connectivity index (χ2v) is 12.5. The summed E-state index contributed by atoms with van der Waals surface area (Å²) in [5, 5.41) is 9.68. The standard InChI is InChI=1S/C34H71N5O2/c1-7-9-11-13-15-17-19-21-25-31(38(3)4)33(40)36-28-24-23-27-35-29-30-37-34(41)32(39(5)6)26-22-20-18-16-14-12-10-8-2/h31-32,35H,7-30H2,1-6H3,(H,36,40)(H,37,41). The number of carbonyl (C=O) groups is 2. The Labute approximate surface area is 255 Å². The maximum absolute atomic E-state index is 12.7. The SMILES string of the molecule is CCCCCCCCCCC(C(=O)NCCCCNCCNC(=O)C(CCCCCCCCCC)N(C)C)N(C)C. The fourth-order valence-electron chi connectivity index (χ4n) is 5.41. The Bertz CT molecular complexity index is 550. The second-order valence-electron chi connectivity index (χ2n) is 12.5. The molecule has 0 aliphatic rings. The van der Waals surface area contributed by atoms with E-state index < -0.39 is 0 Å². The first kappa shape index (κ1) is 39.8. The molecule has 41 heavy (non-hydrogen) atoms. The number of nitrogens with one attached hydrogen (secondary N) is 3. The van der Waals surface area contributed by atoms with E-state index in [2.05, 4.69) is 39.6 Å². The van der Waals surface area contributed by atoms with Crippen LogP contribution in [0.4, 0.5) is 0 Å². The molecule has 7 nitrogen and oxygen atoms in total. The van der Waals surface area contributed by atoms with Crippen molar-refractivity contribution in [2.24, 2.45) is 0 Å². The van der Waals surface area contributed by atoms with Crippen LogP contribution in [0.3, 0.4) is 0 Å². The summed E-state index contributed by atoms with van der Waals surface area (Å²) in [6.45, 7) is 7.57. The number of hydrogen-bond acceptors (Lipinski definition) is 5. The first-order chi connectivity index (χ1) is 19.8. The van der Waals surface area contributed by atoms with Gasteiger partial charge in [0, 0.05) is 19.6 Å². The highest BCUT2D eigenvalue weighted by atomic mass is 16.2. The van der Waals surface area contributed by atoms with Crippen molar-refractivity contribution in [3.8, 4) is 0 Å². The minimum absolute atomic E-state index is 0.0293. The number of hydrogen-bond donors (Lipinski definition) is 3. The minimum Gasteiger partial charge on any atom is -0.355 e. The van der Waals surface area contributed by atoms with Gasteiger partial charge in [0.25, 0.3) is 0 Å². The largest absolute Gasteiger partial charge is 0.355 e. The van der Waals surface area contributed by atoms with Crippen molar-refractivity contribution in [1.29, 1.82) is 0 Å². The van der Waals surface area contributed by atoms with Crippen LogP contribution in [0.5, 0.6) is 0 Å². The number of carbonyl (C=O) groups excluding carboxylic acids is 2. The van der Waals surface area contributed by atoms with Gasteiger partial charge in [-0.2, -0.15) is 0 Å². The maximum Gasteiger partial charge on any atom is 0.237 e. The van der Waals surface area contributed by atoms with Gasteiger partial charge in [0.1, 0.15) is 0 Å². The van der Waals surface area contributed by atoms with Crippen molar-refractivity contribution in [3.05, 3.63) is 0 Å². The lowest BCUT2D eigenvalue weighted by atomic mass is 10.0.